The van der Waals surface area contributed by atoms with Gasteiger partial charge in [0.15, 0.2) is 1.41 Å². The maximum absolute atomic E-state index is 13.1. The Labute approximate surface area is 216 Å². The van der Waals surface area contributed by atoms with Crippen molar-refractivity contribution in [3.05, 3.63) is 34.9 Å². The first-order chi connectivity index (χ1) is 15.7. The van der Waals surface area contributed by atoms with Crippen molar-refractivity contribution in [1.29, 1.82) is 0 Å². The summed E-state index contributed by atoms with van der Waals surface area (Å²) in [4.78, 5) is 29.2. The van der Waals surface area contributed by atoms with Crippen LogP contribution < -0.4 is 9.48 Å². The molecule has 0 aliphatic carbocycles. The molecule has 1 aromatic carbocycles. The lowest BCUT2D eigenvalue weighted by molar-refractivity contribution is -0.140. The number of nitrogens with zero attached hydrogens (tertiary/aromatic N) is 2. The van der Waals surface area contributed by atoms with Gasteiger partial charge in [0.2, 0.25) is 5.91 Å². The van der Waals surface area contributed by atoms with E-state index in [1.165, 1.54) is 30.0 Å². The number of hydrogen-bond acceptors (Lipinski definition) is 6. The molecule has 1 aliphatic heterocycles. The first-order valence-electron chi connectivity index (χ1n) is 11.0. The lowest BCUT2D eigenvalue weighted by Gasteiger charge is -2.49. The third kappa shape index (κ3) is 9.51. The summed E-state index contributed by atoms with van der Waals surface area (Å²) in [5.41, 5.74) is 5.89. The lowest BCUT2D eigenvalue weighted by atomic mass is 9.81. The molecule has 0 radical (unpaired) electrons. The molecular formula is C22H35ClFIN4O4. The average Bonchev–Trinajstić information content (AvgIpc) is 2.73. The molecule has 0 bridgehead atoms. The van der Waals surface area contributed by atoms with Crippen molar-refractivity contribution >= 4 is 46.5 Å². The van der Waals surface area contributed by atoms with Gasteiger partial charge < -0.3 is 25.0 Å². The Kier molecular flexibility index (Phi) is 11.6. The number of amides is 2. The van der Waals surface area contributed by atoms with Crippen LogP contribution in [-0.2, 0) is 20.7 Å². The molecule has 2 atom stereocenters. The van der Waals surface area contributed by atoms with Gasteiger partial charge in [0, 0.05) is 32.3 Å². The number of piperidine rings is 1. The highest BCUT2D eigenvalue weighted by Gasteiger charge is 2.44. The van der Waals surface area contributed by atoms with Crippen LogP contribution in [0.4, 0.5) is 9.28 Å². The highest BCUT2D eigenvalue weighted by Crippen LogP contribution is 2.32. The zero-order valence-corrected chi connectivity index (χ0v) is 22.7. The van der Waals surface area contributed by atoms with Crippen molar-refractivity contribution in [3.8, 4) is 0 Å². The molecule has 33 heavy (non-hydrogen) atoms. The monoisotopic (exact) mass is 602 g/mol. The Morgan fingerprint density at radius 2 is 2.00 bits per heavy atom. The number of rotatable bonds is 6. The third-order valence-electron chi connectivity index (χ3n) is 5.36. The molecule has 1 saturated heterocycles. The molecule has 0 spiro atoms. The molecule has 1 heterocycles. The summed E-state index contributed by atoms with van der Waals surface area (Å²) in [6.45, 7) is 6.62. The molecule has 1 fully saturated rings. The van der Waals surface area contributed by atoms with E-state index in [9.17, 15) is 14.1 Å². The fourth-order valence-corrected chi connectivity index (χ4v) is 3.97. The molecule has 0 saturated carbocycles. The summed E-state index contributed by atoms with van der Waals surface area (Å²) < 4.78 is 26.6. The van der Waals surface area contributed by atoms with Gasteiger partial charge >= 0.3 is 6.09 Å². The summed E-state index contributed by atoms with van der Waals surface area (Å²) in [6, 6.07) is 6.79. The van der Waals surface area contributed by atoms with Crippen LogP contribution in [-0.4, -0.2) is 72.8 Å². The van der Waals surface area contributed by atoms with E-state index in [4.69, 9.17) is 28.2 Å². The third-order valence-corrected chi connectivity index (χ3v) is 5.61. The molecule has 2 rings (SSSR count). The van der Waals surface area contributed by atoms with Crippen LogP contribution in [0.25, 0.3) is 0 Å². The second-order valence-electron chi connectivity index (χ2n) is 9.06. The first kappa shape index (κ1) is 28.0. The number of ether oxygens (including phenoxy) is 2. The van der Waals surface area contributed by atoms with E-state index >= 15 is 0 Å². The molecule has 1 aromatic rings. The molecule has 0 aromatic heterocycles. The van der Waals surface area contributed by atoms with Crippen molar-refractivity contribution in [2.75, 3.05) is 33.9 Å². The number of carbonyl (C=O) groups excluding carboxylic acids is 2. The molecule has 8 nitrogen and oxygen atoms in total. The zero-order chi connectivity index (χ0) is 26.1. The van der Waals surface area contributed by atoms with Crippen molar-refractivity contribution in [2.24, 2.45) is 5.73 Å². The van der Waals surface area contributed by atoms with Crippen LogP contribution in [0.15, 0.2) is 24.3 Å². The lowest BCUT2D eigenvalue weighted by Crippen LogP contribution is -2.64. The molecule has 2 amide bonds. The van der Waals surface area contributed by atoms with Crippen molar-refractivity contribution < 1.29 is 25.0 Å². The summed E-state index contributed by atoms with van der Waals surface area (Å²) in [6.07, 6.45) is 1.71. The van der Waals surface area contributed by atoms with E-state index in [1.807, 2.05) is 45.0 Å². The number of likely N-dealkylation sites (N-methyl/N-ethyl adjacent to an activating group) is 1. The van der Waals surface area contributed by atoms with E-state index < -0.39 is 17.2 Å². The quantitative estimate of drug-likeness (QED) is 0.379. The van der Waals surface area contributed by atoms with Crippen molar-refractivity contribution in [3.63, 3.8) is 0 Å². The fourth-order valence-electron chi connectivity index (χ4n) is 3.85. The average molecular weight is 603 g/mol. The van der Waals surface area contributed by atoms with Gasteiger partial charge in [0.1, 0.15) is 11.6 Å². The fraction of sp³-hybridized carbons (Fsp3) is 0.636. The van der Waals surface area contributed by atoms with Gasteiger partial charge in [0.25, 0.3) is 0 Å². The second kappa shape index (κ2) is 13.6. The highest BCUT2D eigenvalue weighted by atomic mass is 127. The van der Waals surface area contributed by atoms with Crippen LogP contribution in [0.1, 0.15) is 39.2 Å². The number of likely N-dealkylation sites (tertiary alicyclic amines) is 1. The van der Waals surface area contributed by atoms with Gasteiger partial charge in [-0.15, -0.1) is 4.48 Å². The highest BCUT2D eigenvalue weighted by molar-refractivity contribution is 14.1. The zero-order valence-electron chi connectivity index (χ0n) is 20.8. The molecule has 3 N–H and O–H groups in total. The van der Waals surface area contributed by atoms with Gasteiger partial charge in [-0.1, -0.05) is 27.5 Å². The van der Waals surface area contributed by atoms with E-state index in [-0.39, 0.29) is 22.4 Å². The van der Waals surface area contributed by atoms with Crippen LogP contribution >= 0.6 is 34.5 Å². The van der Waals surface area contributed by atoms with E-state index in [2.05, 4.69) is 0 Å². The number of benzene rings is 1. The van der Waals surface area contributed by atoms with Crippen LogP contribution in [0.5, 0.6) is 0 Å². The number of carbonyl (C=O) groups is 2. The van der Waals surface area contributed by atoms with Gasteiger partial charge in [-0.2, -0.15) is 0 Å². The maximum Gasteiger partial charge on any atom is 0.410 e. The second-order valence-corrected chi connectivity index (χ2v) is 9.86. The Hall–Kier alpha value is -1.21. The van der Waals surface area contributed by atoms with Crippen LogP contribution in [0.3, 0.4) is 0 Å². The number of hydrogen-bond donors (Lipinski definition) is 2. The van der Waals surface area contributed by atoms with E-state index in [1.54, 1.807) is 16.8 Å². The van der Waals surface area contributed by atoms with E-state index in [0.717, 1.165) is 18.4 Å². The van der Waals surface area contributed by atoms with Crippen LogP contribution in [0, 0.1) is 0 Å². The van der Waals surface area contributed by atoms with Gasteiger partial charge in [-0.05, 0) is 57.7 Å². The Balaban J connectivity index is 0.00000133. The smallest absolute Gasteiger partial charge is 0.410 e. The molecule has 1 aliphatic rings. The predicted octanol–water partition coefficient (Wildman–Crippen LogP) is 3.89. The standard InChI is InChI=1S/C22H34ClN3O4.FHIN/c1-21(2,3)30-20(28)26-12-6-11-22(15-26,13-16-7-9-17(23)10-8-16)25(4)19(27)18(24)14-29-5;1-3-2/h7-10,18H,6,11-15,24H2,1-5H3;3H/t18-,22+;/m0./s1/i/hT. The summed E-state index contributed by atoms with van der Waals surface area (Å²) >= 11 is 7.22. The largest absolute Gasteiger partial charge is 0.444 e. The number of nitrogens with one attached hydrogen (secondary N) is 1. The van der Waals surface area contributed by atoms with E-state index in [0.29, 0.717) is 24.5 Å². The minimum atomic E-state index is -0.765. The normalized spacial score (nSPS) is 19.8. The Morgan fingerprint density at radius 1 is 1.42 bits per heavy atom. The summed E-state index contributed by atoms with van der Waals surface area (Å²) in [5.74, 6) is -0.211. The summed E-state index contributed by atoms with van der Waals surface area (Å²) in [7, 11) is 3.27. The maximum atomic E-state index is 13.1. The number of halogens is 3. The van der Waals surface area contributed by atoms with Gasteiger partial charge in [-0.25, -0.2) is 4.79 Å². The van der Waals surface area contributed by atoms with Crippen molar-refractivity contribution in [1.82, 2.24) is 13.5 Å². The summed E-state index contributed by atoms with van der Waals surface area (Å²) in [5, 5.41) is 0.651. The van der Waals surface area contributed by atoms with Gasteiger partial charge in [0.05, 0.1) is 35.0 Å². The van der Waals surface area contributed by atoms with Crippen molar-refractivity contribution in [2.45, 2.75) is 57.2 Å². The molecule has 188 valence electrons. The topological polar surface area (TPSA) is 97.1 Å². The molecule has 11 heteroatoms. The first-order valence-corrected chi connectivity index (χ1v) is 11.9. The van der Waals surface area contributed by atoms with Crippen LogP contribution in [0.2, 0.25) is 6.43 Å². The number of nitrogens with two attached hydrogens (primary N) is 1. The Morgan fingerprint density at radius 3 is 2.52 bits per heavy atom. The minimum Gasteiger partial charge on any atom is -0.444 e. The molecule has 0 unspecified atom stereocenters. The van der Waals surface area contributed by atoms with Gasteiger partial charge in [-0.3, -0.25) is 4.79 Å². The molecular weight excluding hydrogens is 566 g/mol. The number of methoxy groups -OCH3 is 1. The minimum absolute atomic E-state index is 0.135. The SMILES string of the molecule is COC[C@H](N)C(=O)N(C)[C@@]1(Cc2ccc(Cl)cc2)CCCN(C(=O)OC(C)(C)C)C1.[3H]N(F)I. The Bertz CT molecular complexity index is 797. The predicted molar refractivity (Wildman–Crippen MR) is 136 cm³/mol.